The Bertz CT molecular complexity index is 1120. The predicted octanol–water partition coefficient (Wildman–Crippen LogP) is 5.51. The van der Waals surface area contributed by atoms with Gasteiger partial charge in [0.15, 0.2) is 11.5 Å². The molecule has 2 aliphatic heterocycles. The molecule has 0 spiro atoms. The molecule has 0 unspecified atom stereocenters. The lowest BCUT2D eigenvalue weighted by atomic mass is 9.95. The maximum atomic E-state index is 6.45. The zero-order chi connectivity index (χ0) is 21.4. The smallest absolute Gasteiger partial charge is 0.213 e. The van der Waals surface area contributed by atoms with Gasteiger partial charge in [-0.1, -0.05) is 49.4 Å². The molecule has 0 fully saturated rings. The van der Waals surface area contributed by atoms with Gasteiger partial charge in [0, 0.05) is 23.1 Å². The van der Waals surface area contributed by atoms with E-state index in [-0.39, 0.29) is 12.3 Å². The Labute approximate surface area is 182 Å². The molecule has 0 N–H and O–H groups in total. The molecule has 0 aliphatic carbocycles. The first-order valence-corrected chi connectivity index (χ1v) is 10.6. The van der Waals surface area contributed by atoms with E-state index in [1.54, 1.807) is 14.2 Å². The van der Waals surface area contributed by atoms with E-state index in [2.05, 4.69) is 54.4 Å². The van der Waals surface area contributed by atoms with E-state index < -0.39 is 0 Å². The van der Waals surface area contributed by atoms with Crippen LogP contribution in [0.25, 0.3) is 0 Å². The minimum atomic E-state index is -0.261. The van der Waals surface area contributed by atoms with Crippen LogP contribution in [0.3, 0.4) is 0 Å². The summed E-state index contributed by atoms with van der Waals surface area (Å²) in [4.78, 5) is 0. The van der Waals surface area contributed by atoms with Gasteiger partial charge in [-0.05, 0) is 36.2 Å². The zero-order valence-electron chi connectivity index (χ0n) is 18.0. The fourth-order valence-corrected chi connectivity index (χ4v) is 4.36. The number of aryl methyl sites for hydroxylation is 1. The highest BCUT2D eigenvalue weighted by Gasteiger charge is 2.40. The summed E-state index contributed by atoms with van der Waals surface area (Å²) < 4.78 is 17.3. The molecule has 0 bridgehead atoms. The van der Waals surface area contributed by atoms with Crippen molar-refractivity contribution in [2.24, 2.45) is 5.10 Å². The second kappa shape index (κ2) is 7.99. The molecule has 3 aromatic carbocycles. The van der Waals surface area contributed by atoms with Gasteiger partial charge in [-0.25, -0.2) is 5.01 Å². The SMILES string of the molecule is CCc1ccc([C@H]2Oc3ccccc3[C@@H]3CC(c4ccc(OC)c(OC)c4)=NN23)cc1. The van der Waals surface area contributed by atoms with Crippen molar-refractivity contribution in [3.63, 3.8) is 0 Å². The highest BCUT2D eigenvalue weighted by Crippen LogP contribution is 2.47. The van der Waals surface area contributed by atoms with Crippen LogP contribution in [0.15, 0.2) is 71.8 Å². The average molecular weight is 415 g/mol. The topological polar surface area (TPSA) is 43.3 Å². The molecule has 0 saturated heterocycles. The fourth-order valence-electron chi connectivity index (χ4n) is 4.36. The lowest BCUT2D eigenvalue weighted by Gasteiger charge is -2.38. The number of methoxy groups -OCH3 is 2. The Kier molecular flexibility index (Phi) is 5.02. The monoisotopic (exact) mass is 414 g/mol. The number of para-hydroxylation sites is 1. The Morgan fingerprint density at radius 2 is 1.74 bits per heavy atom. The van der Waals surface area contributed by atoms with E-state index in [0.717, 1.165) is 35.4 Å². The quantitative estimate of drug-likeness (QED) is 0.552. The van der Waals surface area contributed by atoms with Crippen LogP contribution in [-0.2, 0) is 6.42 Å². The molecule has 3 aromatic rings. The lowest BCUT2D eigenvalue weighted by molar-refractivity contribution is -0.0190. The molecule has 5 rings (SSSR count). The maximum Gasteiger partial charge on any atom is 0.213 e. The molecule has 2 atom stereocenters. The molecular formula is C26H26N2O3. The molecule has 158 valence electrons. The summed E-state index contributed by atoms with van der Waals surface area (Å²) >= 11 is 0. The van der Waals surface area contributed by atoms with E-state index in [0.29, 0.717) is 11.5 Å². The van der Waals surface area contributed by atoms with Crippen LogP contribution in [0, 0.1) is 0 Å². The molecule has 2 heterocycles. The summed E-state index contributed by atoms with van der Waals surface area (Å²) in [5, 5.41) is 7.15. The van der Waals surface area contributed by atoms with Crippen LogP contribution in [0.2, 0.25) is 0 Å². The van der Waals surface area contributed by atoms with Crippen molar-refractivity contribution in [1.82, 2.24) is 5.01 Å². The second-order valence-electron chi connectivity index (χ2n) is 7.82. The number of hydrogen-bond acceptors (Lipinski definition) is 5. The Morgan fingerprint density at radius 1 is 0.968 bits per heavy atom. The van der Waals surface area contributed by atoms with E-state index >= 15 is 0 Å². The third-order valence-corrected chi connectivity index (χ3v) is 6.09. The lowest BCUT2D eigenvalue weighted by Crippen LogP contribution is -2.33. The van der Waals surface area contributed by atoms with E-state index in [1.807, 2.05) is 24.3 Å². The summed E-state index contributed by atoms with van der Waals surface area (Å²) in [6, 6.07) is 23.0. The number of hydrogen-bond donors (Lipinski definition) is 0. The maximum absolute atomic E-state index is 6.45. The normalized spacial score (nSPS) is 19.2. The van der Waals surface area contributed by atoms with Crippen LogP contribution >= 0.6 is 0 Å². The minimum Gasteiger partial charge on any atom is -0.493 e. The first-order chi connectivity index (χ1) is 15.2. The molecule has 0 amide bonds. The number of rotatable bonds is 5. The molecule has 2 aliphatic rings. The molecule has 0 saturated carbocycles. The molecule has 0 radical (unpaired) electrons. The van der Waals surface area contributed by atoms with Crippen molar-refractivity contribution in [3.8, 4) is 17.2 Å². The van der Waals surface area contributed by atoms with Crippen molar-refractivity contribution in [1.29, 1.82) is 0 Å². The summed E-state index contributed by atoms with van der Waals surface area (Å²) in [6.45, 7) is 2.17. The van der Waals surface area contributed by atoms with Crippen molar-refractivity contribution in [2.75, 3.05) is 14.2 Å². The molecule has 0 aromatic heterocycles. The zero-order valence-corrected chi connectivity index (χ0v) is 18.0. The largest absolute Gasteiger partial charge is 0.493 e. The highest BCUT2D eigenvalue weighted by molar-refractivity contribution is 6.02. The Hall–Kier alpha value is -3.47. The van der Waals surface area contributed by atoms with Crippen LogP contribution < -0.4 is 14.2 Å². The first kappa shape index (κ1) is 19.5. The third-order valence-electron chi connectivity index (χ3n) is 6.09. The molecular weight excluding hydrogens is 388 g/mol. The summed E-state index contributed by atoms with van der Waals surface area (Å²) in [7, 11) is 3.30. The number of benzene rings is 3. The molecule has 5 nitrogen and oxygen atoms in total. The fraction of sp³-hybridized carbons (Fsp3) is 0.269. The predicted molar refractivity (Wildman–Crippen MR) is 121 cm³/mol. The first-order valence-electron chi connectivity index (χ1n) is 10.6. The molecule has 5 heteroatoms. The van der Waals surface area contributed by atoms with Gasteiger partial charge in [-0.2, -0.15) is 5.10 Å². The van der Waals surface area contributed by atoms with Crippen LogP contribution in [0.1, 0.15) is 47.9 Å². The van der Waals surface area contributed by atoms with Crippen LogP contribution in [-0.4, -0.2) is 24.9 Å². The van der Waals surface area contributed by atoms with Gasteiger partial charge in [0.05, 0.1) is 26.0 Å². The highest BCUT2D eigenvalue weighted by atomic mass is 16.5. The molecule has 31 heavy (non-hydrogen) atoms. The Balaban J connectivity index is 1.55. The number of nitrogens with zero attached hydrogens (tertiary/aromatic N) is 2. The van der Waals surface area contributed by atoms with Gasteiger partial charge < -0.3 is 14.2 Å². The van der Waals surface area contributed by atoms with Crippen molar-refractivity contribution in [2.45, 2.75) is 32.0 Å². The summed E-state index contributed by atoms with van der Waals surface area (Å²) in [6.07, 6.45) is 1.56. The third kappa shape index (κ3) is 3.40. The van der Waals surface area contributed by atoms with E-state index in [4.69, 9.17) is 19.3 Å². The van der Waals surface area contributed by atoms with Gasteiger partial charge >= 0.3 is 0 Å². The number of ether oxygens (including phenoxy) is 3. The van der Waals surface area contributed by atoms with Gasteiger partial charge in [-0.15, -0.1) is 0 Å². The summed E-state index contributed by atoms with van der Waals surface area (Å²) in [5.74, 6) is 2.35. The van der Waals surface area contributed by atoms with E-state index in [9.17, 15) is 0 Å². The minimum absolute atomic E-state index is 0.129. The van der Waals surface area contributed by atoms with Gasteiger partial charge in [-0.3, -0.25) is 0 Å². The standard InChI is InChI=1S/C26H26N2O3/c1-4-17-9-11-18(12-10-17)26-28-22(20-7-5-6-8-23(20)31-26)16-21(27-28)19-13-14-24(29-2)25(15-19)30-3/h5-15,22,26H,4,16H2,1-3H3/t22-,26+/m0/s1. The van der Waals surface area contributed by atoms with Gasteiger partial charge in [0.25, 0.3) is 0 Å². The van der Waals surface area contributed by atoms with E-state index in [1.165, 1.54) is 11.1 Å². The summed E-state index contributed by atoms with van der Waals surface area (Å²) in [5.41, 5.74) is 5.63. The van der Waals surface area contributed by atoms with Crippen molar-refractivity contribution >= 4 is 5.71 Å². The van der Waals surface area contributed by atoms with Gasteiger partial charge in [0.1, 0.15) is 5.75 Å². The average Bonchev–Trinajstić information content (AvgIpc) is 3.29. The number of hydrazone groups is 1. The Morgan fingerprint density at radius 3 is 2.48 bits per heavy atom. The van der Waals surface area contributed by atoms with Crippen molar-refractivity contribution < 1.29 is 14.2 Å². The van der Waals surface area contributed by atoms with Gasteiger partial charge in [0.2, 0.25) is 6.23 Å². The second-order valence-corrected chi connectivity index (χ2v) is 7.82. The van der Waals surface area contributed by atoms with Crippen molar-refractivity contribution in [3.05, 3.63) is 89.0 Å². The van der Waals surface area contributed by atoms with Crippen LogP contribution in [0.4, 0.5) is 0 Å². The number of fused-ring (bicyclic) bond motifs is 3. The van der Waals surface area contributed by atoms with Crippen LogP contribution in [0.5, 0.6) is 17.2 Å².